The molecule has 0 aliphatic heterocycles. The maximum atomic E-state index is 12.7. The maximum Gasteiger partial charge on any atom is 0.242 e. The molecule has 1 amide bonds. The molecule has 3 rings (SSSR count). The van der Waals surface area contributed by atoms with Crippen LogP contribution in [-0.2, 0) is 4.79 Å². The zero-order chi connectivity index (χ0) is 21.9. The van der Waals surface area contributed by atoms with E-state index in [4.69, 9.17) is 5.26 Å². The van der Waals surface area contributed by atoms with Gasteiger partial charge < -0.3 is 15.6 Å². The average Bonchev–Trinajstić information content (AvgIpc) is 3.12. The minimum atomic E-state index is -0.466. The summed E-state index contributed by atoms with van der Waals surface area (Å²) >= 11 is 0. The number of carbonyl (C=O) groups excluding carboxylic acids is 1. The lowest BCUT2D eigenvalue weighted by Crippen LogP contribution is -2.45. The van der Waals surface area contributed by atoms with Gasteiger partial charge in [0.05, 0.1) is 11.8 Å². The summed E-state index contributed by atoms with van der Waals surface area (Å²) in [5, 5.41) is 24.2. The van der Waals surface area contributed by atoms with Crippen LogP contribution >= 0.6 is 0 Å². The number of nitriles is 1. The van der Waals surface area contributed by atoms with Crippen molar-refractivity contribution in [3.63, 3.8) is 0 Å². The molecule has 156 valence electrons. The van der Waals surface area contributed by atoms with Gasteiger partial charge in [-0.1, -0.05) is 34.6 Å². The molecule has 1 unspecified atom stereocenters. The zero-order valence-corrected chi connectivity index (χ0v) is 17.8. The van der Waals surface area contributed by atoms with Crippen LogP contribution in [0.25, 0.3) is 22.4 Å². The molecule has 0 fully saturated rings. The van der Waals surface area contributed by atoms with Crippen LogP contribution in [0.15, 0.2) is 24.7 Å². The number of amides is 1. The van der Waals surface area contributed by atoms with Crippen LogP contribution in [0.2, 0.25) is 0 Å². The Morgan fingerprint density at radius 2 is 2.07 bits per heavy atom. The van der Waals surface area contributed by atoms with Crippen molar-refractivity contribution in [1.29, 1.82) is 5.26 Å². The lowest BCUT2D eigenvalue weighted by Gasteiger charge is -2.25. The second-order valence-electron chi connectivity index (χ2n) is 8.74. The van der Waals surface area contributed by atoms with Gasteiger partial charge in [-0.2, -0.15) is 10.4 Å². The largest absolute Gasteiger partial charge is 0.357 e. The van der Waals surface area contributed by atoms with Gasteiger partial charge in [-0.25, -0.2) is 9.97 Å². The number of carbonyl (C=O) groups is 1. The van der Waals surface area contributed by atoms with E-state index in [0.717, 1.165) is 5.39 Å². The van der Waals surface area contributed by atoms with Crippen LogP contribution < -0.4 is 10.6 Å². The van der Waals surface area contributed by atoms with Crippen molar-refractivity contribution in [1.82, 2.24) is 30.5 Å². The molecule has 0 aliphatic carbocycles. The van der Waals surface area contributed by atoms with Crippen molar-refractivity contribution in [3.8, 4) is 17.5 Å². The number of aromatic amines is 1. The van der Waals surface area contributed by atoms with Crippen molar-refractivity contribution in [2.24, 2.45) is 11.3 Å². The molecule has 3 heterocycles. The molecule has 3 aromatic rings. The van der Waals surface area contributed by atoms with E-state index in [1.807, 2.05) is 13.8 Å². The minimum Gasteiger partial charge on any atom is -0.357 e. The quantitative estimate of drug-likeness (QED) is 0.573. The third-order valence-electron chi connectivity index (χ3n) is 4.51. The van der Waals surface area contributed by atoms with Gasteiger partial charge in [0.15, 0.2) is 5.82 Å². The molecule has 0 spiro atoms. The molecule has 1 atom stereocenters. The van der Waals surface area contributed by atoms with Crippen LogP contribution in [0, 0.1) is 22.7 Å². The summed E-state index contributed by atoms with van der Waals surface area (Å²) in [5.41, 5.74) is 1.75. The Kier molecular flexibility index (Phi) is 5.96. The average molecular weight is 406 g/mol. The van der Waals surface area contributed by atoms with Gasteiger partial charge in [0, 0.05) is 29.9 Å². The summed E-state index contributed by atoms with van der Waals surface area (Å²) in [5.74, 6) is 0.776. The van der Waals surface area contributed by atoms with E-state index in [1.54, 1.807) is 12.3 Å². The lowest BCUT2D eigenvalue weighted by molar-refractivity contribution is -0.123. The van der Waals surface area contributed by atoms with Crippen molar-refractivity contribution in [2.75, 3.05) is 11.9 Å². The highest BCUT2D eigenvalue weighted by Crippen LogP contribution is 2.26. The number of hydrogen-bond acceptors (Lipinski definition) is 7. The van der Waals surface area contributed by atoms with Crippen LogP contribution in [0.1, 0.15) is 40.2 Å². The fourth-order valence-corrected chi connectivity index (χ4v) is 2.89. The Morgan fingerprint density at radius 3 is 2.73 bits per heavy atom. The number of rotatable bonds is 6. The van der Waals surface area contributed by atoms with E-state index >= 15 is 0 Å². The highest BCUT2D eigenvalue weighted by Gasteiger charge is 2.24. The van der Waals surface area contributed by atoms with Crippen LogP contribution in [0.3, 0.4) is 0 Å². The Labute approximate surface area is 175 Å². The summed E-state index contributed by atoms with van der Waals surface area (Å²) in [6.45, 7) is 10.7. The van der Waals surface area contributed by atoms with Gasteiger partial charge in [0.1, 0.15) is 23.6 Å². The summed E-state index contributed by atoms with van der Waals surface area (Å²) in [6, 6.07) is 3.35. The molecule has 30 heavy (non-hydrogen) atoms. The molecule has 0 saturated carbocycles. The fraction of sp³-hybridized carbons (Fsp3) is 0.429. The standard InChI is InChI=1S/C21H26N8O/c1-12(2)17(20(30)25-11-21(3,4)5)27-16-10-26-29-19(28-16)15-9-24-18-14(15)6-13(7-22)8-23-18/h6,8-10,12,17H,11H2,1-5H3,(H,23,24)(H,25,30)(H,27,28,29). The summed E-state index contributed by atoms with van der Waals surface area (Å²) in [6.07, 6.45) is 4.72. The van der Waals surface area contributed by atoms with Crippen molar-refractivity contribution in [3.05, 3.63) is 30.2 Å². The molecule has 3 N–H and O–H groups in total. The molecular formula is C21H26N8O. The van der Waals surface area contributed by atoms with Gasteiger partial charge in [0.25, 0.3) is 0 Å². The van der Waals surface area contributed by atoms with Crippen molar-refractivity contribution in [2.45, 2.75) is 40.7 Å². The van der Waals surface area contributed by atoms with Gasteiger partial charge in [0.2, 0.25) is 5.91 Å². The van der Waals surface area contributed by atoms with E-state index in [2.05, 4.69) is 62.6 Å². The first-order valence-corrected chi connectivity index (χ1v) is 9.79. The summed E-state index contributed by atoms with van der Waals surface area (Å²) in [7, 11) is 0. The molecule has 0 aromatic carbocycles. The number of hydrogen-bond donors (Lipinski definition) is 3. The normalized spacial score (nSPS) is 12.6. The molecule has 9 nitrogen and oxygen atoms in total. The third kappa shape index (κ3) is 4.89. The molecule has 0 bridgehead atoms. The minimum absolute atomic E-state index is 0.00745. The number of pyridine rings is 1. The molecule has 3 aromatic heterocycles. The highest BCUT2D eigenvalue weighted by atomic mass is 16.2. The van der Waals surface area contributed by atoms with Gasteiger partial charge >= 0.3 is 0 Å². The smallest absolute Gasteiger partial charge is 0.242 e. The molecular weight excluding hydrogens is 380 g/mol. The van der Waals surface area contributed by atoms with Crippen LogP contribution in [-0.4, -0.2) is 43.6 Å². The SMILES string of the molecule is CC(C)C(Nc1cnnc(-c2c[nH]c3ncc(C#N)cc23)n1)C(=O)NCC(C)(C)C. The molecule has 0 radical (unpaired) electrons. The number of nitrogens with zero attached hydrogens (tertiary/aromatic N) is 5. The van der Waals surface area contributed by atoms with Gasteiger partial charge in [-0.05, 0) is 17.4 Å². The monoisotopic (exact) mass is 406 g/mol. The summed E-state index contributed by atoms with van der Waals surface area (Å²) in [4.78, 5) is 24.5. The molecule has 0 aliphatic rings. The third-order valence-corrected chi connectivity index (χ3v) is 4.51. The van der Waals surface area contributed by atoms with Gasteiger partial charge in [-0.15, -0.1) is 5.10 Å². The second-order valence-corrected chi connectivity index (χ2v) is 8.74. The number of fused-ring (bicyclic) bond motifs is 1. The molecule has 0 saturated heterocycles. The van der Waals surface area contributed by atoms with Crippen molar-refractivity contribution >= 4 is 22.8 Å². The van der Waals surface area contributed by atoms with E-state index in [1.165, 1.54) is 12.4 Å². The summed E-state index contributed by atoms with van der Waals surface area (Å²) < 4.78 is 0. The van der Waals surface area contributed by atoms with E-state index in [9.17, 15) is 4.79 Å². The number of nitrogens with one attached hydrogen (secondary N) is 3. The second kappa shape index (κ2) is 8.45. The lowest BCUT2D eigenvalue weighted by atomic mass is 9.96. The number of H-pyrrole nitrogens is 1. The highest BCUT2D eigenvalue weighted by molar-refractivity contribution is 5.92. The predicted molar refractivity (Wildman–Crippen MR) is 114 cm³/mol. The van der Waals surface area contributed by atoms with E-state index in [-0.39, 0.29) is 17.2 Å². The topological polar surface area (TPSA) is 132 Å². The van der Waals surface area contributed by atoms with Crippen molar-refractivity contribution < 1.29 is 4.79 Å². The van der Waals surface area contributed by atoms with Crippen LogP contribution in [0.5, 0.6) is 0 Å². The van der Waals surface area contributed by atoms with Crippen LogP contribution in [0.4, 0.5) is 5.82 Å². The first-order valence-electron chi connectivity index (χ1n) is 9.79. The van der Waals surface area contributed by atoms with E-state index < -0.39 is 6.04 Å². The zero-order valence-electron chi connectivity index (χ0n) is 17.8. The predicted octanol–water partition coefficient (Wildman–Crippen LogP) is 2.89. The van der Waals surface area contributed by atoms with Gasteiger partial charge in [-0.3, -0.25) is 4.79 Å². The molecule has 9 heteroatoms. The Balaban J connectivity index is 1.86. The maximum absolute atomic E-state index is 12.7. The first kappa shape index (κ1) is 21.2. The number of aromatic nitrogens is 5. The van der Waals surface area contributed by atoms with E-state index in [0.29, 0.717) is 35.0 Å². The number of anilines is 1. The fourth-order valence-electron chi connectivity index (χ4n) is 2.89. The Morgan fingerprint density at radius 1 is 1.30 bits per heavy atom. The Bertz CT molecular complexity index is 1090. The Hall–Kier alpha value is -3.54. The first-order chi connectivity index (χ1) is 14.2.